The van der Waals surface area contributed by atoms with Crippen molar-refractivity contribution in [3.8, 4) is 0 Å². The van der Waals surface area contributed by atoms with E-state index < -0.39 is 33.1 Å². The van der Waals surface area contributed by atoms with Crippen LogP contribution in [-0.2, 0) is 24.3 Å². The van der Waals surface area contributed by atoms with Crippen molar-refractivity contribution in [1.29, 1.82) is 0 Å². The Labute approximate surface area is 106 Å². The molecule has 7 nitrogen and oxygen atoms in total. The molecule has 0 spiro atoms. The molecule has 0 aliphatic heterocycles. The number of hydrogen-bond acceptors (Lipinski definition) is 5. The molecule has 0 saturated heterocycles. The van der Waals surface area contributed by atoms with Crippen LogP contribution in [0.2, 0.25) is 0 Å². The van der Waals surface area contributed by atoms with Crippen LogP contribution < -0.4 is 4.72 Å². The normalized spacial score (nSPS) is 18.5. The Balaban J connectivity index is 2.63. The monoisotopic (exact) mass is 279 g/mol. The minimum atomic E-state index is -3.84. The van der Waals surface area contributed by atoms with Gasteiger partial charge in [-0.1, -0.05) is 12.8 Å². The van der Waals surface area contributed by atoms with E-state index in [9.17, 15) is 18.0 Å². The van der Waals surface area contributed by atoms with Crippen LogP contribution in [0.15, 0.2) is 0 Å². The van der Waals surface area contributed by atoms with Crippen LogP contribution in [0, 0.1) is 5.41 Å². The summed E-state index contributed by atoms with van der Waals surface area (Å²) in [5, 5.41) is 9.16. The van der Waals surface area contributed by atoms with Crippen molar-refractivity contribution in [2.24, 2.45) is 5.41 Å². The van der Waals surface area contributed by atoms with Gasteiger partial charge in [-0.2, -0.15) is 0 Å². The maximum Gasteiger partial charge on any atom is 0.322 e. The van der Waals surface area contributed by atoms with Gasteiger partial charge in [0.05, 0.1) is 12.5 Å². The van der Waals surface area contributed by atoms with E-state index in [1.165, 1.54) is 0 Å². The van der Waals surface area contributed by atoms with Crippen molar-refractivity contribution >= 4 is 22.0 Å². The summed E-state index contributed by atoms with van der Waals surface area (Å²) < 4.78 is 29.5. The molecule has 0 bridgehead atoms. The standard InChI is InChI=1S/C10H17NO6S/c1-17-8(12)6-18(15,16)11-7-10(9(13)14)4-2-3-5-10/h11H,2-7H2,1H3,(H,13,14). The van der Waals surface area contributed by atoms with E-state index >= 15 is 0 Å². The minimum Gasteiger partial charge on any atom is -0.481 e. The Morgan fingerprint density at radius 2 is 1.89 bits per heavy atom. The Kier molecular flexibility index (Phi) is 4.69. The number of carboxylic acid groups (broad SMARTS) is 1. The SMILES string of the molecule is COC(=O)CS(=O)(=O)NCC1(C(=O)O)CCCC1. The molecule has 0 amide bonds. The molecule has 0 heterocycles. The number of aliphatic carboxylic acids is 1. The van der Waals surface area contributed by atoms with Crippen LogP contribution in [0.5, 0.6) is 0 Å². The van der Waals surface area contributed by atoms with Crippen LogP contribution in [-0.4, -0.2) is 44.9 Å². The lowest BCUT2D eigenvalue weighted by molar-refractivity contribution is -0.148. The van der Waals surface area contributed by atoms with Crippen molar-refractivity contribution in [1.82, 2.24) is 4.72 Å². The van der Waals surface area contributed by atoms with Gasteiger partial charge in [0.1, 0.15) is 0 Å². The van der Waals surface area contributed by atoms with Gasteiger partial charge in [-0.15, -0.1) is 0 Å². The third-order valence-electron chi connectivity index (χ3n) is 3.18. The van der Waals surface area contributed by atoms with Crippen LogP contribution in [0.4, 0.5) is 0 Å². The smallest absolute Gasteiger partial charge is 0.322 e. The first-order chi connectivity index (χ1) is 8.31. The van der Waals surface area contributed by atoms with Gasteiger partial charge in [-0.25, -0.2) is 13.1 Å². The van der Waals surface area contributed by atoms with Crippen LogP contribution in [0.3, 0.4) is 0 Å². The summed E-state index contributed by atoms with van der Waals surface area (Å²) in [7, 11) is -2.75. The number of hydrogen-bond donors (Lipinski definition) is 2. The molecule has 1 aliphatic rings. The third-order valence-corrected chi connectivity index (χ3v) is 4.38. The highest BCUT2D eigenvalue weighted by Crippen LogP contribution is 2.37. The van der Waals surface area contributed by atoms with E-state index in [1.54, 1.807) is 0 Å². The summed E-state index contributed by atoms with van der Waals surface area (Å²) in [5.74, 6) is -2.67. The number of carbonyl (C=O) groups is 2. The highest BCUT2D eigenvalue weighted by Gasteiger charge is 2.42. The van der Waals surface area contributed by atoms with E-state index in [0.717, 1.165) is 20.0 Å². The van der Waals surface area contributed by atoms with Crippen LogP contribution in [0.25, 0.3) is 0 Å². The molecule has 18 heavy (non-hydrogen) atoms. The summed E-state index contributed by atoms with van der Waals surface area (Å²) in [6, 6.07) is 0. The van der Waals surface area contributed by atoms with Crippen molar-refractivity contribution in [2.45, 2.75) is 25.7 Å². The number of carbonyl (C=O) groups excluding carboxylic acids is 1. The maximum atomic E-state index is 11.5. The van der Waals surface area contributed by atoms with Gasteiger partial charge < -0.3 is 9.84 Å². The number of methoxy groups -OCH3 is 1. The molecule has 0 atom stereocenters. The van der Waals surface area contributed by atoms with Gasteiger partial charge in [-0.3, -0.25) is 9.59 Å². The average Bonchev–Trinajstić information content (AvgIpc) is 2.76. The molecule has 1 saturated carbocycles. The van der Waals surface area contributed by atoms with Crippen molar-refractivity contribution in [3.63, 3.8) is 0 Å². The largest absolute Gasteiger partial charge is 0.481 e. The van der Waals surface area contributed by atoms with Crippen molar-refractivity contribution < 1.29 is 27.9 Å². The maximum absolute atomic E-state index is 11.5. The highest BCUT2D eigenvalue weighted by atomic mass is 32.2. The second kappa shape index (κ2) is 5.66. The Morgan fingerprint density at radius 1 is 1.33 bits per heavy atom. The second-order valence-corrected chi connectivity index (χ2v) is 6.26. The zero-order valence-corrected chi connectivity index (χ0v) is 11.0. The number of ether oxygens (including phenoxy) is 1. The number of esters is 1. The first-order valence-electron chi connectivity index (χ1n) is 5.59. The zero-order chi connectivity index (χ0) is 13.8. The topological polar surface area (TPSA) is 110 Å². The molecular formula is C10H17NO6S. The number of sulfonamides is 1. The van der Waals surface area contributed by atoms with Crippen LogP contribution >= 0.6 is 0 Å². The molecule has 2 N–H and O–H groups in total. The van der Waals surface area contributed by atoms with E-state index in [-0.39, 0.29) is 6.54 Å². The first kappa shape index (κ1) is 14.9. The van der Waals surface area contributed by atoms with Gasteiger partial charge in [0, 0.05) is 6.54 Å². The Hall–Kier alpha value is -1.15. The molecule has 0 aromatic carbocycles. The summed E-state index contributed by atoms with van der Waals surface area (Å²) in [6.07, 6.45) is 2.43. The lowest BCUT2D eigenvalue weighted by atomic mass is 9.87. The van der Waals surface area contributed by atoms with Gasteiger partial charge >= 0.3 is 11.9 Å². The molecule has 8 heteroatoms. The Morgan fingerprint density at radius 3 is 2.33 bits per heavy atom. The fourth-order valence-electron chi connectivity index (χ4n) is 2.03. The third kappa shape index (κ3) is 3.67. The summed E-state index contributed by atoms with van der Waals surface area (Å²) in [4.78, 5) is 22.1. The van der Waals surface area contributed by atoms with Gasteiger partial charge in [0.2, 0.25) is 10.0 Å². The van der Waals surface area contributed by atoms with Gasteiger partial charge in [0.15, 0.2) is 5.75 Å². The summed E-state index contributed by atoms with van der Waals surface area (Å²) >= 11 is 0. The number of nitrogens with one attached hydrogen (secondary N) is 1. The molecule has 0 aromatic heterocycles. The predicted octanol–water partition coefficient (Wildman–Crippen LogP) is -0.276. The lowest BCUT2D eigenvalue weighted by Crippen LogP contribution is -2.42. The molecule has 1 rings (SSSR count). The fourth-order valence-corrected chi connectivity index (χ4v) is 3.06. The second-order valence-electron chi connectivity index (χ2n) is 4.45. The van der Waals surface area contributed by atoms with E-state index in [0.29, 0.717) is 12.8 Å². The van der Waals surface area contributed by atoms with Crippen molar-refractivity contribution in [2.75, 3.05) is 19.4 Å². The van der Waals surface area contributed by atoms with Crippen molar-refractivity contribution in [3.05, 3.63) is 0 Å². The van der Waals surface area contributed by atoms with E-state index in [2.05, 4.69) is 9.46 Å². The summed E-state index contributed by atoms with van der Waals surface area (Å²) in [6.45, 7) is -0.179. The molecular weight excluding hydrogens is 262 g/mol. The molecule has 1 aliphatic carbocycles. The Bertz CT molecular complexity index is 424. The average molecular weight is 279 g/mol. The van der Waals surface area contributed by atoms with E-state index in [1.807, 2.05) is 0 Å². The predicted molar refractivity (Wildman–Crippen MR) is 62.3 cm³/mol. The summed E-state index contributed by atoms with van der Waals surface area (Å²) in [5.41, 5.74) is -1.04. The molecule has 0 aromatic rings. The lowest BCUT2D eigenvalue weighted by Gasteiger charge is -2.23. The molecule has 104 valence electrons. The van der Waals surface area contributed by atoms with Crippen LogP contribution in [0.1, 0.15) is 25.7 Å². The fraction of sp³-hybridized carbons (Fsp3) is 0.800. The van der Waals surface area contributed by atoms with Gasteiger partial charge in [-0.05, 0) is 12.8 Å². The highest BCUT2D eigenvalue weighted by molar-refractivity contribution is 7.90. The van der Waals surface area contributed by atoms with E-state index in [4.69, 9.17) is 5.11 Å². The minimum absolute atomic E-state index is 0.179. The molecule has 0 radical (unpaired) electrons. The molecule has 1 fully saturated rings. The quantitative estimate of drug-likeness (QED) is 0.647. The van der Waals surface area contributed by atoms with Gasteiger partial charge in [0.25, 0.3) is 0 Å². The number of carboxylic acids is 1. The molecule has 0 unspecified atom stereocenters. The first-order valence-corrected chi connectivity index (χ1v) is 7.24. The zero-order valence-electron chi connectivity index (χ0n) is 10.1. The number of rotatable bonds is 6.